The fraction of sp³-hybridized carbons (Fsp3) is 0.719. The van der Waals surface area contributed by atoms with Crippen LogP contribution in [0.2, 0.25) is 0 Å². The summed E-state index contributed by atoms with van der Waals surface area (Å²) in [4.78, 5) is 149. The van der Waals surface area contributed by atoms with E-state index in [0.717, 1.165) is 0 Å². The van der Waals surface area contributed by atoms with Crippen LogP contribution < -0.4 is 20.7 Å². The van der Waals surface area contributed by atoms with Crippen LogP contribution >= 0.6 is 0 Å². The summed E-state index contributed by atoms with van der Waals surface area (Å²) in [6.45, 7) is 18.4. The number of nitrogens with one attached hydrogen (secondary N) is 3. The first kappa shape index (κ1) is 65.4. The number of esters is 2. The van der Waals surface area contributed by atoms with Crippen molar-refractivity contribution in [1.29, 1.82) is 0 Å². The van der Waals surface area contributed by atoms with Gasteiger partial charge in [-0.15, -0.1) is 0 Å². The van der Waals surface area contributed by atoms with Gasteiger partial charge in [0, 0.05) is 33.6 Å². The van der Waals surface area contributed by atoms with Crippen LogP contribution in [0.15, 0.2) is 24.3 Å². The molecule has 5 N–H and O–H groups in total. The van der Waals surface area contributed by atoms with E-state index in [2.05, 4.69) is 16.0 Å². The summed E-state index contributed by atoms with van der Waals surface area (Å²) in [5, 5.41) is 30.2. The summed E-state index contributed by atoms with van der Waals surface area (Å²) >= 11 is 0. The topological polar surface area (TPSA) is 288 Å². The highest BCUT2D eigenvalue weighted by molar-refractivity contribution is 6.05. The van der Waals surface area contributed by atoms with Gasteiger partial charge in [-0.3, -0.25) is 43.2 Å². The predicted molar refractivity (Wildman–Crippen MR) is 290 cm³/mol. The van der Waals surface area contributed by atoms with E-state index in [9.17, 15) is 53.4 Å². The molecule has 3 heterocycles. The van der Waals surface area contributed by atoms with Crippen molar-refractivity contribution in [3.05, 3.63) is 29.8 Å². The van der Waals surface area contributed by atoms with Crippen LogP contribution in [-0.4, -0.2) is 190 Å². The molecule has 4 rings (SSSR count). The molecular formula is C57H89N7O15. The maximum absolute atomic E-state index is 15.0. The predicted octanol–water partition coefficient (Wildman–Crippen LogP) is 2.32. The van der Waals surface area contributed by atoms with Gasteiger partial charge < -0.3 is 60.0 Å². The molecule has 3 aliphatic heterocycles. The van der Waals surface area contributed by atoms with E-state index in [1.165, 1.54) is 61.6 Å². The van der Waals surface area contributed by atoms with Gasteiger partial charge in [0.05, 0.1) is 31.6 Å². The zero-order valence-electron chi connectivity index (χ0n) is 48.8. The van der Waals surface area contributed by atoms with Gasteiger partial charge in [-0.25, -0.2) is 4.79 Å². The first-order valence-electron chi connectivity index (χ1n) is 28.0. The molecule has 79 heavy (non-hydrogen) atoms. The number of aliphatic hydroxyl groups excluding tert-OH is 2. The number of amides is 7. The summed E-state index contributed by atoms with van der Waals surface area (Å²) in [6, 6.07) is -2.19. The molecule has 7 amide bonds. The van der Waals surface area contributed by atoms with Gasteiger partial charge in [0.1, 0.15) is 54.2 Å². The monoisotopic (exact) mass is 1110 g/mol. The van der Waals surface area contributed by atoms with Crippen LogP contribution in [0.3, 0.4) is 0 Å². The molecule has 3 aliphatic rings. The lowest BCUT2D eigenvalue weighted by Gasteiger charge is -2.36. The first-order valence-corrected chi connectivity index (χ1v) is 28.0. The number of cyclic esters (lactones) is 2. The van der Waals surface area contributed by atoms with Crippen LogP contribution in [0.1, 0.15) is 133 Å². The first-order chi connectivity index (χ1) is 37.0. The number of carbonyl (C=O) groups is 10. The van der Waals surface area contributed by atoms with E-state index >= 15 is 4.79 Å². The number of methoxy groups -OCH3 is 1. The number of rotatable bonds is 15. The number of ketones is 1. The molecule has 22 nitrogen and oxygen atoms in total. The third kappa shape index (κ3) is 16.9. The Labute approximate surface area is 465 Å². The molecule has 3 saturated heterocycles. The summed E-state index contributed by atoms with van der Waals surface area (Å²) < 4.78 is 17.2. The SMILES string of the molecule is CCC(C)C1NC(=O)C(NC(=O)C(CC(C)C)N(C)C(=O)C2CCCN2C(=O)C(C)O)C(C)OC(=O)C(Cc2ccc(OC)cc2)N(C)C(=O)C2CCCN2C(=O)C(CC(C)C)NC(=O)[C@H](C)C(=O)[C@H](C(C)C)OC(=O)CC1O. The van der Waals surface area contributed by atoms with Crippen molar-refractivity contribution < 1.29 is 72.4 Å². The molecule has 0 saturated carbocycles. The normalized spacial score (nSPS) is 27.7. The smallest absolute Gasteiger partial charge is 0.329 e. The van der Waals surface area contributed by atoms with E-state index in [1.54, 1.807) is 52.0 Å². The Morgan fingerprint density at radius 2 is 1.49 bits per heavy atom. The molecule has 442 valence electrons. The van der Waals surface area contributed by atoms with Gasteiger partial charge in [-0.05, 0) is 101 Å². The Morgan fingerprint density at radius 1 is 0.861 bits per heavy atom. The van der Waals surface area contributed by atoms with E-state index in [0.29, 0.717) is 30.6 Å². The maximum Gasteiger partial charge on any atom is 0.329 e. The molecule has 1 aromatic carbocycles. The Bertz CT molecular complexity index is 2330. The number of fused-ring (bicyclic) bond motifs is 1. The third-order valence-electron chi connectivity index (χ3n) is 15.5. The minimum absolute atomic E-state index is 0.0720. The van der Waals surface area contributed by atoms with Crippen LogP contribution in [0.25, 0.3) is 0 Å². The summed E-state index contributed by atoms with van der Waals surface area (Å²) in [7, 11) is 4.29. The second-order valence-electron chi connectivity index (χ2n) is 23.0. The van der Waals surface area contributed by atoms with Crippen molar-refractivity contribution in [2.45, 2.75) is 201 Å². The molecular weight excluding hydrogens is 1020 g/mol. The summed E-state index contributed by atoms with van der Waals surface area (Å²) in [5.41, 5.74) is 0.571. The number of Topliss-reactive ketones (excluding diaryl/α,β-unsaturated/α-hetero) is 1. The van der Waals surface area contributed by atoms with Crippen LogP contribution in [-0.2, 0) is 63.8 Å². The molecule has 13 atom stereocenters. The fourth-order valence-corrected chi connectivity index (χ4v) is 10.5. The number of hydrogen-bond acceptors (Lipinski definition) is 15. The van der Waals surface area contributed by atoms with E-state index in [-0.39, 0.29) is 57.0 Å². The summed E-state index contributed by atoms with van der Waals surface area (Å²) in [5.74, 6) is -10.3. The molecule has 0 bridgehead atoms. The Kier molecular flexibility index (Phi) is 24.3. The van der Waals surface area contributed by atoms with Crippen LogP contribution in [0.5, 0.6) is 5.75 Å². The second-order valence-corrected chi connectivity index (χ2v) is 23.0. The number of likely N-dealkylation sites (N-methyl/N-ethyl adjacent to an activating group) is 2. The average molecular weight is 1110 g/mol. The Morgan fingerprint density at radius 3 is 2.06 bits per heavy atom. The number of ether oxygens (including phenoxy) is 3. The largest absolute Gasteiger partial charge is 0.497 e. The van der Waals surface area contributed by atoms with Crippen LogP contribution in [0.4, 0.5) is 0 Å². The number of aliphatic hydroxyl groups is 2. The molecule has 11 unspecified atom stereocenters. The minimum Gasteiger partial charge on any atom is -0.497 e. The van der Waals surface area contributed by atoms with E-state index < -0.39 is 150 Å². The standard InChI is InChI=1S/C57H89N7O15/c1-15-33(8)46-44(66)29-45(67)79-49(32(6)7)48(68)34(9)50(69)58-39(26-30(2)3)54(73)64-25-17-19-41(64)56(75)62(13)43(28-37-20-22-38(77-14)23-21-37)57(76)78-36(11)47(52(71)59-46)60-51(70)42(27-31(4)5)61(12)55(74)40-18-16-24-63(40)53(72)35(10)65/h20-23,30-36,39-44,46-47,49,65-66H,15-19,24-29H2,1-14H3,(H,58,69)(H,59,71)(H,60,70)/t33?,34-,35?,36?,39?,40?,41?,42?,43?,44?,46?,47?,49+/m1/s1. The van der Waals surface area contributed by atoms with Crippen molar-refractivity contribution in [3.8, 4) is 5.75 Å². The van der Waals surface area contributed by atoms with E-state index in [1.807, 2.05) is 27.7 Å². The fourth-order valence-electron chi connectivity index (χ4n) is 10.5. The molecule has 0 spiro atoms. The highest BCUT2D eigenvalue weighted by Gasteiger charge is 2.46. The summed E-state index contributed by atoms with van der Waals surface area (Å²) in [6.07, 6.45) is -4.99. The van der Waals surface area contributed by atoms with Gasteiger partial charge in [-0.2, -0.15) is 0 Å². The molecule has 3 fully saturated rings. The molecule has 22 heteroatoms. The lowest BCUT2D eigenvalue weighted by atomic mass is 9.91. The van der Waals surface area contributed by atoms with Gasteiger partial charge in [-0.1, -0.05) is 73.9 Å². The van der Waals surface area contributed by atoms with Gasteiger partial charge >= 0.3 is 11.9 Å². The highest BCUT2D eigenvalue weighted by Crippen LogP contribution is 2.27. The number of nitrogens with zero attached hydrogens (tertiary/aromatic N) is 4. The zero-order chi connectivity index (χ0) is 59.3. The number of likely N-dealkylation sites (tertiary alicyclic amines) is 1. The molecule has 0 radical (unpaired) electrons. The van der Waals surface area contributed by atoms with Crippen molar-refractivity contribution in [3.63, 3.8) is 0 Å². The molecule has 1 aromatic rings. The third-order valence-corrected chi connectivity index (χ3v) is 15.5. The zero-order valence-corrected chi connectivity index (χ0v) is 48.8. The number of carbonyl (C=O) groups excluding carboxylic acids is 10. The minimum atomic E-state index is -1.76. The number of benzene rings is 1. The molecule has 0 aromatic heterocycles. The quantitative estimate of drug-likeness (QED) is 0.124. The van der Waals surface area contributed by atoms with Gasteiger partial charge in [0.15, 0.2) is 11.9 Å². The average Bonchev–Trinajstić information content (AvgIpc) is 4.13. The van der Waals surface area contributed by atoms with Crippen molar-refractivity contribution >= 4 is 59.1 Å². The molecule has 0 aliphatic carbocycles. The van der Waals surface area contributed by atoms with Gasteiger partial charge in [0.25, 0.3) is 5.91 Å². The Hall–Kier alpha value is -6.16. The lowest BCUT2D eigenvalue weighted by molar-refractivity contribution is -0.163. The van der Waals surface area contributed by atoms with Crippen molar-refractivity contribution in [1.82, 2.24) is 35.6 Å². The highest BCUT2D eigenvalue weighted by atomic mass is 16.6. The van der Waals surface area contributed by atoms with E-state index in [4.69, 9.17) is 14.2 Å². The Balaban J connectivity index is 1.89. The van der Waals surface area contributed by atoms with Crippen molar-refractivity contribution in [2.24, 2.45) is 29.6 Å². The van der Waals surface area contributed by atoms with Crippen molar-refractivity contribution in [2.75, 3.05) is 34.3 Å². The lowest BCUT2D eigenvalue weighted by Crippen LogP contribution is -2.62. The maximum atomic E-state index is 15.0. The number of hydrogen-bond donors (Lipinski definition) is 5. The van der Waals surface area contributed by atoms with Gasteiger partial charge in [0.2, 0.25) is 35.4 Å². The van der Waals surface area contributed by atoms with Crippen LogP contribution in [0, 0.1) is 29.6 Å². The second kappa shape index (κ2) is 29.3.